The van der Waals surface area contributed by atoms with Crippen LogP contribution in [0.5, 0.6) is 0 Å². The Labute approximate surface area is 131 Å². The third-order valence-electron chi connectivity index (χ3n) is 3.35. The summed E-state index contributed by atoms with van der Waals surface area (Å²) in [6.07, 6.45) is 1.85. The zero-order chi connectivity index (χ0) is 14.8. The van der Waals surface area contributed by atoms with Gasteiger partial charge in [0.15, 0.2) is 5.82 Å². The van der Waals surface area contributed by atoms with E-state index in [1.54, 1.807) is 0 Å². The lowest BCUT2D eigenvalue weighted by Crippen LogP contribution is -1.96. The van der Waals surface area contributed by atoms with E-state index in [-0.39, 0.29) is 0 Å². The van der Waals surface area contributed by atoms with Gasteiger partial charge in [0.25, 0.3) is 0 Å². The molecule has 0 saturated heterocycles. The molecule has 0 unspecified atom stereocenters. The summed E-state index contributed by atoms with van der Waals surface area (Å²) in [5, 5.41) is 9.49. The van der Waals surface area contributed by atoms with Gasteiger partial charge in [-0.25, -0.2) is 4.98 Å². The molecular formula is C17H12BrN3. The maximum absolute atomic E-state index is 9.49. The van der Waals surface area contributed by atoms with Crippen LogP contribution in [0.2, 0.25) is 0 Å². The van der Waals surface area contributed by atoms with Crippen LogP contribution in [0.25, 0.3) is 22.7 Å². The van der Waals surface area contributed by atoms with Crippen molar-refractivity contribution >= 4 is 38.6 Å². The molecule has 3 rings (SSSR count). The van der Waals surface area contributed by atoms with E-state index >= 15 is 0 Å². The smallest absolute Gasteiger partial charge is 0.151 e. The molecule has 0 aliphatic heterocycles. The summed E-state index contributed by atoms with van der Waals surface area (Å²) in [5.41, 5.74) is 3.41. The number of nitriles is 1. The van der Waals surface area contributed by atoms with Gasteiger partial charge in [0.1, 0.15) is 6.07 Å². The quantitative estimate of drug-likeness (QED) is 0.650. The summed E-state index contributed by atoms with van der Waals surface area (Å²) in [7, 11) is 1.93. The van der Waals surface area contributed by atoms with Crippen molar-refractivity contribution in [3.8, 4) is 6.07 Å². The van der Waals surface area contributed by atoms with Crippen LogP contribution in [0.4, 0.5) is 0 Å². The van der Waals surface area contributed by atoms with E-state index < -0.39 is 0 Å². The molecule has 0 amide bonds. The van der Waals surface area contributed by atoms with Crippen molar-refractivity contribution in [2.24, 2.45) is 7.05 Å². The molecule has 3 nitrogen and oxygen atoms in total. The Morgan fingerprint density at radius 2 is 1.90 bits per heavy atom. The van der Waals surface area contributed by atoms with E-state index in [0.717, 1.165) is 21.1 Å². The molecule has 1 heterocycles. The van der Waals surface area contributed by atoms with Crippen molar-refractivity contribution in [2.45, 2.75) is 0 Å². The first-order valence-corrected chi connectivity index (χ1v) is 7.28. The highest BCUT2D eigenvalue weighted by Gasteiger charge is 2.12. The Morgan fingerprint density at radius 1 is 1.19 bits per heavy atom. The minimum Gasteiger partial charge on any atom is -0.327 e. The topological polar surface area (TPSA) is 41.6 Å². The fourth-order valence-electron chi connectivity index (χ4n) is 2.28. The second kappa shape index (κ2) is 5.55. The van der Waals surface area contributed by atoms with Gasteiger partial charge in [0, 0.05) is 11.5 Å². The van der Waals surface area contributed by atoms with Crippen molar-refractivity contribution in [1.82, 2.24) is 9.55 Å². The van der Waals surface area contributed by atoms with Crippen LogP contribution in [0.15, 0.2) is 53.0 Å². The molecule has 1 aromatic heterocycles. The minimum absolute atomic E-state index is 0.542. The SMILES string of the molecule is Cn1c(/C(C#N)=C/c2ccccc2Br)nc2ccccc21. The molecule has 3 aromatic rings. The molecule has 4 heteroatoms. The van der Waals surface area contributed by atoms with E-state index in [0.29, 0.717) is 11.4 Å². The molecular weight excluding hydrogens is 326 g/mol. The second-order valence-corrected chi connectivity index (χ2v) is 5.53. The Morgan fingerprint density at radius 3 is 2.62 bits per heavy atom. The zero-order valence-electron chi connectivity index (χ0n) is 11.4. The number of rotatable bonds is 2. The van der Waals surface area contributed by atoms with Crippen molar-refractivity contribution in [3.05, 3.63) is 64.4 Å². The summed E-state index contributed by atoms with van der Waals surface area (Å²) in [6.45, 7) is 0. The maximum atomic E-state index is 9.49. The van der Waals surface area contributed by atoms with Gasteiger partial charge in [0.05, 0.1) is 16.6 Å². The van der Waals surface area contributed by atoms with Gasteiger partial charge < -0.3 is 4.57 Å². The third-order valence-corrected chi connectivity index (χ3v) is 4.08. The van der Waals surface area contributed by atoms with Crippen LogP contribution in [0.3, 0.4) is 0 Å². The Bertz CT molecular complexity index is 884. The lowest BCUT2D eigenvalue weighted by Gasteiger charge is -2.02. The number of halogens is 1. The summed E-state index contributed by atoms with van der Waals surface area (Å²) < 4.78 is 2.90. The summed E-state index contributed by atoms with van der Waals surface area (Å²) in [5.74, 6) is 0.675. The number of hydrogen-bond acceptors (Lipinski definition) is 2. The number of hydrogen-bond donors (Lipinski definition) is 0. The van der Waals surface area contributed by atoms with E-state index in [1.807, 2.05) is 66.2 Å². The highest BCUT2D eigenvalue weighted by Crippen LogP contribution is 2.24. The summed E-state index contributed by atoms with van der Waals surface area (Å²) in [6, 6.07) is 17.9. The number of benzene rings is 2. The largest absolute Gasteiger partial charge is 0.327 e. The molecule has 0 aliphatic rings. The van der Waals surface area contributed by atoms with E-state index in [2.05, 4.69) is 27.0 Å². The molecule has 2 aromatic carbocycles. The number of aromatic nitrogens is 2. The Balaban J connectivity index is 2.18. The second-order valence-electron chi connectivity index (χ2n) is 4.67. The van der Waals surface area contributed by atoms with Gasteiger partial charge in [-0.2, -0.15) is 5.26 Å². The first kappa shape index (κ1) is 13.6. The molecule has 0 N–H and O–H groups in total. The van der Waals surface area contributed by atoms with Gasteiger partial charge in [-0.05, 0) is 29.8 Å². The lowest BCUT2D eigenvalue weighted by atomic mass is 10.1. The van der Waals surface area contributed by atoms with E-state index in [1.165, 1.54) is 0 Å². The molecule has 102 valence electrons. The average molecular weight is 338 g/mol. The normalized spacial score (nSPS) is 11.6. The fourth-order valence-corrected chi connectivity index (χ4v) is 2.68. The van der Waals surface area contributed by atoms with Gasteiger partial charge in [-0.15, -0.1) is 0 Å². The van der Waals surface area contributed by atoms with Crippen LogP contribution in [0, 0.1) is 11.3 Å². The van der Waals surface area contributed by atoms with Crippen LogP contribution < -0.4 is 0 Å². The molecule has 0 atom stereocenters. The monoisotopic (exact) mass is 337 g/mol. The predicted octanol–water partition coefficient (Wildman–Crippen LogP) is 4.40. The average Bonchev–Trinajstić information content (AvgIpc) is 2.84. The molecule has 0 radical (unpaired) electrons. The number of aryl methyl sites for hydroxylation is 1. The number of nitrogens with zero attached hydrogens (tertiary/aromatic N) is 3. The molecule has 0 saturated carbocycles. The Hall–Kier alpha value is -2.38. The highest BCUT2D eigenvalue weighted by atomic mass is 79.9. The number of allylic oxidation sites excluding steroid dienone is 1. The highest BCUT2D eigenvalue weighted by molar-refractivity contribution is 9.10. The summed E-state index contributed by atoms with van der Waals surface area (Å²) in [4.78, 5) is 4.57. The van der Waals surface area contributed by atoms with Crippen molar-refractivity contribution in [2.75, 3.05) is 0 Å². The maximum Gasteiger partial charge on any atom is 0.151 e. The number of imidazole rings is 1. The summed E-state index contributed by atoms with van der Waals surface area (Å²) >= 11 is 3.50. The van der Waals surface area contributed by atoms with Crippen LogP contribution in [-0.4, -0.2) is 9.55 Å². The van der Waals surface area contributed by atoms with Crippen LogP contribution in [0.1, 0.15) is 11.4 Å². The Kier molecular flexibility index (Phi) is 3.59. The van der Waals surface area contributed by atoms with Crippen molar-refractivity contribution < 1.29 is 0 Å². The standard InChI is InChI=1S/C17H12BrN3/c1-21-16-9-5-4-8-15(16)20-17(21)13(11-19)10-12-6-2-3-7-14(12)18/h2-10H,1H3/b13-10+. The third kappa shape index (κ3) is 2.48. The number of para-hydroxylation sites is 2. The lowest BCUT2D eigenvalue weighted by molar-refractivity contribution is 0.925. The number of fused-ring (bicyclic) bond motifs is 1. The van der Waals surface area contributed by atoms with Gasteiger partial charge in [-0.3, -0.25) is 0 Å². The zero-order valence-corrected chi connectivity index (χ0v) is 13.0. The molecule has 0 fully saturated rings. The van der Waals surface area contributed by atoms with Gasteiger partial charge in [-0.1, -0.05) is 46.3 Å². The van der Waals surface area contributed by atoms with E-state index in [9.17, 15) is 5.26 Å². The predicted molar refractivity (Wildman–Crippen MR) is 88.3 cm³/mol. The first-order valence-electron chi connectivity index (χ1n) is 6.49. The van der Waals surface area contributed by atoms with Gasteiger partial charge >= 0.3 is 0 Å². The fraction of sp³-hybridized carbons (Fsp3) is 0.0588. The van der Waals surface area contributed by atoms with Crippen LogP contribution in [-0.2, 0) is 7.05 Å². The molecule has 0 bridgehead atoms. The first-order chi connectivity index (χ1) is 10.2. The molecule has 21 heavy (non-hydrogen) atoms. The minimum atomic E-state index is 0.542. The molecule has 0 aliphatic carbocycles. The molecule has 0 spiro atoms. The van der Waals surface area contributed by atoms with Crippen molar-refractivity contribution in [3.63, 3.8) is 0 Å². The van der Waals surface area contributed by atoms with Crippen LogP contribution >= 0.6 is 15.9 Å². The van der Waals surface area contributed by atoms with Crippen molar-refractivity contribution in [1.29, 1.82) is 5.26 Å². The van der Waals surface area contributed by atoms with Gasteiger partial charge in [0.2, 0.25) is 0 Å². The van der Waals surface area contributed by atoms with E-state index in [4.69, 9.17) is 0 Å².